The van der Waals surface area contributed by atoms with Crippen molar-refractivity contribution < 1.29 is 9.32 Å². The molecule has 2 N–H and O–H groups in total. The molecule has 2 atom stereocenters. The molecule has 8 heteroatoms. The smallest absolute Gasteiger partial charge is 0.249 e. The van der Waals surface area contributed by atoms with E-state index in [1.807, 2.05) is 6.92 Å². The predicted molar refractivity (Wildman–Crippen MR) is 84.1 cm³/mol. The minimum Gasteiger partial charge on any atom is -0.344 e. The molecular formula is C15H24N6O2. The number of carbonyl (C=O) groups excluding carboxylic acids is 1. The second kappa shape index (κ2) is 7.85. The number of rotatable bonds is 8. The zero-order valence-electron chi connectivity index (χ0n) is 14.0. The molecule has 8 nitrogen and oxygen atoms in total. The number of nitrogens with zero attached hydrogens (tertiary/aromatic N) is 4. The summed E-state index contributed by atoms with van der Waals surface area (Å²) in [6, 6.07) is -0.300. The molecule has 1 amide bonds. The minimum absolute atomic E-state index is 0.0110. The van der Waals surface area contributed by atoms with Gasteiger partial charge in [0.15, 0.2) is 5.82 Å². The Bertz CT molecular complexity index is 607. The van der Waals surface area contributed by atoms with Crippen molar-refractivity contribution >= 4 is 5.91 Å². The Morgan fingerprint density at radius 1 is 1.39 bits per heavy atom. The molecule has 0 unspecified atom stereocenters. The van der Waals surface area contributed by atoms with Crippen LogP contribution in [0.3, 0.4) is 0 Å². The predicted octanol–water partition coefficient (Wildman–Crippen LogP) is 2.49. The van der Waals surface area contributed by atoms with E-state index in [0.29, 0.717) is 23.5 Å². The van der Waals surface area contributed by atoms with E-state index in [-0.39, 0.29) is 17.9 Å². The Balaban J connectivity index is 2.13. The van der Waals surface area contributed by atoms with Crippen LogP contribution >= 0.6 is 0 Å². The van der Waals surface area contributed by atoms with Crippen LogP contribution in [0.15, 0.2) is 10.9 Å². The highest BCUT2D eigenvalue weighted by atomic mass is 16.5. The van der Waals surface area contributed by atoms with Crippen LogP contribution in [0.1, 0.15) is 58.9 Å². The van der Waals surface area contributed by atoms with Crippen molar-refractivity contribution in [2.75, 3.05) is 0 Å². The minimum atomic E-state index is -0.300. The summed E-state index contributed by atoms with van der Waals surface area (Å²) < 4.78 is 5.33. The first-order valence-electron chi connectivity index (χ1n) is 8.01. The lowest BCUT2D eigenvalue weighted by atomic mass is 10.0. The van der Waals surface area contributed by atoms with Crippen LogP contribution in [0.2, 0.25) is 0 Å². The maximum Gasteiger partial charge on any atom is 0.249 e. The van der Waals surface area contributed by atoms with Crippen LogP contribution in [0.5, 0.6) is 0 Å². The van der Waals surface area contributed by atoms with Gasteiger partial charge in [0, 0.05) is 5.92 Å². The molecule has 0 aliphatic carbocycles. The molecule has 0 aliphatic rings. The van der Waals surface area contributed by atoms with Gasteiger partial charge in [-0.05, 0) is 18.8 Å². The Morgan fingerprint density at radius 2 is 2.17 bits per heavy atom. The third-order valence-corrected chi connectivity index (χ3v) is 3.56. The van der Waals surface area contributed by atoms with Gasteiger partial charge in [0.2, 0.25) is 17.6 Å². The summed E-state index contributed by atoms with van der Waals surface area (Å²) in [5.41, 5.74) is 0. The maximum atomic E-state index is 12.3. The van der Waals surface area contributed by atoms with Crippen molar-refractivity contribution in [2.24, 2.45) is 11.8 Å². The third-order valence-electron chi connectivity index (χ3n) is 3.56. The van der Waals surface area contributed by atoms with Gasteiger partial charge >= 0.3 is 0 Å². The second-order valence-corrected chi connectivity index (χ2v) is 6.17. The van der Waals surface area contributed by atoms with E-state index in [0.717, 1.165) is 19.3 Å². The average Bonchev–Trinajstić information content (AvgIpc) is 3.17. The van der Waals surface area contributed by atoms with E-state index in [1.54, 1.807) is 0 Å². The molecule has 0 fully saturated rings. The fourth-order valence-electron chi connectivity index (χ4n) is 2.36. The fourth-order valence-corrected chi connectivity index (χ4v) is 2.36. The molecule has 0 aliphatic heterocycles. The molecule has 23 heavy (non-hydrogen) atoms. The molecule has 0 spiro atoms. The van der Waals surface area contributed by atoms with Gasteiger partial charge in [-0.3, -0.25) is 9.89 Å². The lowest BCUT2D eigenvalue weighted by Gasteiger charge is -2.19. The van der Waals surface area contributed by atoms with Crippen molar-refractivity contribution in [2.45, 2.75) is 53.0 Å². The first kappa shape index (κ1) is 17.1. The van der Waals surface area contributed by atoms with E-state index in [9.17, 15) is 4.79 Å². The van der Waals surface area contributed by atoms with Crippen molar-refractivity contribution in [1.82, 2.24) is 30.6 Å². The molecule has 2 rings (SSSR count). The van der Waals surface area contributed by atoms with Gasteiger partial charge in [-0.2, -0.15) is 10.1 Å². The molecule has 126 valence electrons. The number of nitrogens with one attached hydrogen (secondary N) is 2. The van der Waals surface area contributed by atoms with Crippen molar-refractivity contribution in [1.29, 1.82) is 0 Å². The van der Waals surface area contributed by atoms with Gasteiger partial charge in [-0.1, -0.05) is 39.3 Å². The normalized spacial score (nSPS) is 14.0. The monoisotopic (exact) mass is 320 g/mol. The molecule has 0 aromatic carbocycles. The van der Waals surface area contributed by atoms with Crippen LogP contribution < -0.4 is 5.32 Å². The van der Waals surface area contributed by atoms with Crippen LogP contribution in [-0.4, -0.2) is 31.2 Å². The van der Waals surface area contributed by atoms with Crippen molar-refractivity contribution in [3.8, 4) is 11.6 Å². The topological polar surface area (TPSA) is 110 Å². The Kier molecular flexibility index (Phi) is 5.84. The average molecular weight is 320 g/mol. The highest BCUT2D eigenvalue weighted by Crippen LogP contribution is 2.22. The quantitative estimate of drug-likeness (QED) is 0.773. The summed E-state index contributed by atoms with van der Waals surface area (Å²) in [4.78, 5) is 20.6. The van der Waals surface area contributed by atoms with E-state index < -0.39 is 0 Å². The molecule has 0 bridgehead atoms. The number of hydrogen-bond acceptors (Lipinski definition) is 6. The summed E-state index contributed by atoms with van der Waals surface area (Å²) in [7, 11) is 0. The standard InChI is InChI=1S/C15H24N6O2/c1-5-6-10(4)14(22)18-11(7-9(2)3)15-19-13(21-23-15)12-16-8-17-20-12/h8-11H,5-7H2,1-4H3,(H,18,22)(H,16,17,20)/t10-,11+/m1/s1. The van der Waals surface area contributed by atoms with Crippen molar-refractivity contribution in [3.63, 3.8) is 0 Å². The van der Waals surface area contributed by atoms with Crippen LogP contribution in [-0.2, 0) is 4.79 Å². The first-order valence-corrected chi connectivity index (χ1v) is 8.01. The zero-order chi connectivity index (χ0) is 16.8. The van der Waals surface area contributed by atoms with Crippen LogP contribution in [0.25, 0.3) is 11.6 Å². The summed E-state index contributed by atoms with van der Waals surface area (Å²) in [6.07, 6.45) is 3.93. The van der Waals surface area contributed by atoms with Crippen LogP contribution in [0.4, 0.5) is 0 Å². The van der Waals surface area contributed by atoms with Gasteiger partial charge in [-0.15, -0.1) is 0 Å². The molecule has 2 heterocycles. The number of aromatic nitrogens is 5. The highest BCUT2D eigenvalue weighted by molar-refractivity contribution is 5.78. The van der Waals surface area contributed by atoms with Gasteiger partial charge < -0.3 is 9.84 Å². The highest BCUT2D eigenvalue weighted by Gasteiger charge is 2.25. The van der Waals surface area contributed by atoms with Gasteiger partial charge in [0.1, 0.15) is 12.4 Å². The lowest BCUT2D eigenvalue weighted by molar-refractivity contribution is -0.125. The Hall–Kier alpha value is -2.25. The third kappa shape index (κ3) is 4.61. The molecule has 0 radical (unpaired) electrons. The summed E-state index contributed by atoms with van der Waals surface area (Å²) in [5, 5.41) is 13.4. The summed E-state index contributed by atoms with van der Waals surface area (Å²) in [5.74, 6) is 1.52. The van der Waals surface area contributed by atoms with E-state index >= 15 is 0 Å². The van der Waals surface area contributed by atoms with Crippen LogP contribution in [0, 0.1) is 11.8 Å². The summed E-state index contributed by atoms with van der Waals surface area (Å²) >= 11 is 0. The number of aromatic amines is 1. The zero-order valence-corrected chi connectivity index (χ0v) is 14.0. The van der Waals surface area contributed by atoms with Crippen molar-refractivity contribution in [3.05, 3.63) is 12.2 Å². The first-order chi connectivity index (χ1) is 11.0. The SMILES string of the molecule is CCC[C@@H](C)C(=O)N[C@@H](CC(C)C)c1nc(-c2ncn[nH]2)no1. The fraction of sp³-hybridized carbons (Fsp3) is 0.667. The number of carbonyl (C=O) groups is 1. The van der Waals surface area contributed by atoms with E-state index in [4.69, 9.17) is 4.52 Å². The van der Waals surface area contributed by atoms with Gasteiger partial charge in [-0.25, -0.2) is 4.98 Å². The molecular weight excluding hydrogens is 296 g/mol. The van der Waals surface area contributed by atoms with E-state index in [1.165, 1.54) is 6.33 Å². The second-order valence-electron chi connectivity index (χ2n) is 6.17. The van der Waals surface area contributed by atoms with Gasteiger partial charge in [0.25, 0.3) is 0 Å². The Morgan fingerprint density at radius 3 is 2.78 bits per heavy atom. The van der Waals surface area contributed by atoms with E-state index in [2.05, 4.69) is 51.4 Å². The number of amides is 1. The van der Waals surface area contributed by atoms with Gasteiger partial charge in [0.05, 0.1) is 0 Å². The maximum absolute atomic E-state index is 12.3. The molecule has 0 saturated heterocycles. The summed E-state index contributed by atoms with van der Waals surface area (Å²) in [6.45, 7) is 8.17. The number of H-pyrrole nitrogens is 1. The number of hydrogen-bond donors (Lipinski definition) is 2. The lowest BCUT2D eigenvalue weighted by Crippen LogP contribution is -2.33. The molecule has 0 saturated carbocycles. The largest absolute Gasteiger partial charge is 0.344 e. The molecule has 2 aromatic rings. The molecule has 2 aromatic heterocycles. The Labute approximate surface area is 135 Å².